The van der Waals surface area contributed by atoms with Gasteiger partial charge in [0.15, 0.2) is 0 Å². The monoisotopic (exact) mass is 450 g/mol. The minimum absolute atomic E-state index is 0.0563. The van der Waals surface area contributed by atoms with Crippen molar-refractivity contribution in [2.45, 2.75) is 44.5 Å². The number of hydrogen-bond donors (Lipinski definition) is 3. The maximum absolute atomic E-state index is 13.8. The maximum Gasteiger partial charge on any atom is 0.291 e. The third kappa shape index (κ3) is 2.87. The number of fused-ring (bicyclic) bond motifs is 4. The first-order chi connectivity index (χ1) is 15.8. The smallest absolute Gasteiger partial charge is 0.291 e. The summed E-state index contributed by atoms with van der Waals surface area (Å²) in [5.41, 5.74) is 1.83. The molecule has 0 radical (unpaired) electrons. The zero-order valence-electron chi connectivity index (χ0n) is 18.9. The molecule has 2 aromatic carbocycles. The minimum Gasteiger partial charge on any atom is -0.496 e. The second-order valence-electron chi connectivity index (χ2n) is 9.08. The van der Waals surface area contributed by atoms with E-state index >= 15 is 0 Å². The number of amides is 3. The normalized spacial score (nSPS) is 28.8. The van der Waals surface area contributed by atoms with Crippen LogP contribution in [0.5, 0.6) is 5.75 Å². The molecule has 0 unspecified atom stereocenters. The van der Waals surface area contributed by atoms with Crippen molar-refractivity contribution in [3.05, 3.63) is 59.2 Å². The van der Waals surface area contributed by atoms with E-state index in [1.54, 1.807) is 25.4 Å². The number of anilines is 1. The van der Waals surface area contributed by atoms with E-state index < -0.39 is 29.5 Å². The highest BCUT2D eigenvalue weighted by atomic mass is 16.5. The molecule has 8 heteroatoms. The minimum atomic E-state index is -1.28. The second kappa shape index (κ2) is 7.67. The molecule has 33 heavy (non-hydrogen) atoms. The lowest BCUT2D eigenvalue weighted by Crippen LogP contribution is -3.00. The van der Waals surface area contributed by atoms with Gasteiger partial charge in [0.25, 0.3) is 5.91 Å². The Balaban J connectivity index is 1.62. The quantitative estimate of drug-likeness (QED) is 0.576. The zero-order chi connectivity index (χ0) is 23.5. The van der Waals surface area contributed by atoms with Crippen LogP contribution in [0.4, 0.5) is 5.69 Å². The van der Waals surface area contributed by atoms with Crippen LogP contribution in [0.1, 0.15) is 30.5 Å². The summed E-state index contributed by atoms with van der Waals surface area (Å²) in [6, 6.07) is 12.3. The average Bonchev–Trinajstić information content (AvgIpc) is 3.40. The van der Waals surface area contributed by atoms with Gasteiger partial charge >= 0.3 is 0 Å². The number of benzene rings is 2. The van der Waals surface area contributed by atoms with Crippen molar-refractivity contribution < 1.29 is 29.5 Å². The molecule has 4 N–H and O–H groups in total. The summed E-state index contributed by atoms with van der Waals surface area (Å²) in [4.78, 5) is 42.2. The molecule has 0 saturated carbocycles. The lowest BCUT2D eigenvalue weighted by molar-refractivity contribution is -0.738. The Morgan fingerprint density at radius 3 is 2.55 bits per heavy atom. The molecule has 0 aromatic heterocycles. The molecule has 172 valence electrons. The molecule has 0 aliphatic carbocycles. The van der Waals surface area contributed by atoms with Crippen molar-refractivity contribution in [3.8, 4) is 5.75 Å². The van der Waals surface area contributed by atoms with E-state index in [0.29, 0.717) is 16.9 Å². The van der Waals surface area contributed by atoms with Crippen LogP contribution in [-0.2, 0) is 32.9 Å². The lowest BCUT2D eigenvalue weighted by atomic mass is 9.76. The number of aliphatic hydroxyl groups excluding tert-OH is 1. The van der Waals surface area contributed by atoms with Crippen molar-refractivity contribution in [3.63, 3.8) is 0 Å². The highest BCUT2D eigenvalue weighted by Crippen LogP contribution is 2.50. The van der Waals surface area contributed by atoms with Crippen LogP contribution >= 0.6 is 0 Å². The fourth-order valence-electron chi connectivity index (χ4n) is 5.93. The molecule has 2 saturated heterocycles. The number of quaternary nitrogens is 1. The van der Waals surface area contributed by atoms with Crippen LogP contribution < -0.4 is 15.4 Å². The Kier molecular flexibility index (Phi) is 5.02. The first kappa shape index (κ1) is 21.6. The summed E-state index contributed by atoms with van der Waals surface area (Å²) < 4.78 is 5.40. The Labute approximate surface area is 191 Å². The van der Waals surface area contributed by atoms with Gasteiger partial charge in [-0.15, -0.1) is 0 Å². The second-order valence-corrected chi connectivity index (χ2v) is 9.08. The molecule has 2 aromatic rings. The molecule has 3 heterocycles. The first-order valence-electron chi connectivity index (χ1n) is 11.3. The topological polar surface area (TPSA) is 113 Å². The van der Waals surface area contributed by atoms with Crippen molar-refractivity contribution in [2.24, 2.45) is 11.8 Å². The number of aliphatic hydroxyl groups is 1. The number of likely N-dealkylation sites (tertiary alicyclic amines) is 1. The summed E-state index contributed by atoms with van der Waals surface area (Å²) in [7, 11) is 1.54. The molecular formula is C25H28N3O5+. The number of ether oxygens (including phenoxy) is 1. The molecule has 1 spiro atoms. The third-order valence-corrected chi connectivity index (χ3v) is 7.47. The van der Waals surface area contributed by atoms with Gasteiger partial charge in [-0.2, -0.15) is 0 Å². The number of nitrogens with one attached hydrogen (secondary N) is 1. The summed E-state index contributed by atoms with van der Waals surface area (Å²) in [6.45, 7) is 3.67. The number of imide groups is 1. The van der Waals surface area contributed by atoms with E-state index in [9.17, 15) is 19.5 Å². The van der Waals surface area contributed by atoms with Crippen LogP contribution in [0, 0.1) is 11.8 Å². The van der Waals surface area contributed by atoms with Gasteiger partial charge in [0.1, 0.15) is 29.7 Å². The molecule has 3 aliphatic heterocycles. The van der Waals surface area contributed by atoms with Crippen molar-refractivity contribution in [1.82, 2.24) is 4.90 Å². The number of methoxy groups -OCH3 is 1. The number of rotatable bonds is 5. The molecule has 0 bridgehead atoms. The number of nitrogens with zero attached hydrogens (tertiary/aromatic N) is 1. The van der Waals surface area contributed by atoms with Gasteiger partial charge in [0.05, 0.1) is 19.3 Å². The van der Waals surface area contributed by atoms with Gasteiger partial charge in [-0.25, -0.2) is 0 Å². The SMILES string of the molecule is CCc1cccc2c1NC(=O)[C@]21[NH2+][C@H]([C@@H](C)O)[C@H]2C(=O)N(Cc3ccccc3OC)C(=O)[C@H]21. The van der Waals surface area contributed by atoms with Crippen LogP contribution in [0.15, 0.2) is 42.5 Å². The van der Waals surface area contributed by atoms with E-state index in [1.807, 2.05) is 43.3 Å². The summed E-state index contributed by atoms with van der Waals surface area (Å²) in [5.74, 6) is -2.17. The van der Waals surface area contributed by atoms with Gasteiger partial charge in [0.2, 0.25) is 17.4 Å². The Morgan fingerprint density at radius 2 is 1.85 bits per heavy atom. The molecule has 8 nitrogen and oxygen atoms in total. The van der Waals surface area contributed by atoms with E-state index in [-0.39, 0.29) is 24.3 Å². The standard InChI is InChI=1S/C25H27N3O5/c1-4-14-9-7-10-16-21(14)26-24(32)25(16)19-18(20(27-25)13(2)29)22(30)28(23(19)31)12-15-8-5-6-11-17(15)33-3/h5-11,13,18-20,27,29H,4,12H2,1-3H3,(H,26,32)/p+1/t13-,18+,19+,20-,25+/m1/s1. The van der Waals surface area contributed by atoms with Crippen LogP contribution in [0.25, 0.3) is 0 Å². The zero-order valence-corrected chi connectivity index (χ0v) is 18.9. The van der Waals surface area contributed by atoms with Gasteiger partial charge in [0, 0.05) is 11.1 Å². The molecule has 3 amide bonds. The van der Waals surface area contributed by atoms with Crippen molar-refractivity contribution in [1.29, 1.82) is 0 Å². The Bertz CT molecular complexity index is 1160. The van der Waals surface area contributed by atoms with E-state index in [4.69, 9.17) is 4.74 Å². The predicted molar refractivity (Wildman–Crippen MR) is 119 cm³/mol. The van der Waals surface area contributed by atoms with E-state index in [1.165, 1.54) is 4.90 Å². The first-order valence-corrected chi connectivity index (χ1v) is 11.3. The highest BCUT2D eigenvalue weighted by molar-refractivity contribution is 6.14. The van der Waals surface area contributed by atoms with Crippen molar-refractivity contribution in [2.75, 3.05) is 12.4 Å². The Hall–Kier alpha value is -3.23. The summed E-state index contributed by atoms with van der Waals surface area (Å²) in [6.07, 6.45) is -0.161. The summed E-state index contributed by atoms with van der Waals surface area (Å²) in [5, 5.41) is 15.3. The maximum atomic E-state index is 13.8. The molecule has 2 fully saturated rings. The summed E-state index contributed by atoms with van der Waals surface area (Å²) >= 11 is 0. The van der Waals surface area contributed by atoms with Crippen molar-refractivity contribution >= 4 is 23.4 Å². The van der Waals surface area contributed by atoms with E-state index in [0.717, 1.165) is 17.7 Å². The Morgan fingerprint density at radius 1 is 1.12 bits per heavy atom. The van der Waals surface area contributed by atoms with Crippen LogP contribution in [0.2, 0.25) is 0 Å². The number of carbonyl (C=O) groups excluding carboxylic acids is 3. The molecular weight excluding hydrogens is 422 g/mol. The molecule has 5 atom stereocenters. The van der Waals surface area contributed by atoms with Gasteiger partial charge in [-0.05, 0) is 25.0 Å². The fraction of sp³-hybridized carbons (Fsp3) is 0.400. The molecule has 3 aliphatic rings. The average molecular weight is 451 g/mol. The van der Waals surface area contributed by atoms with Crippen LogP contribution in [-0.4, -0.2) is 47.0 Å². The van der Waals surface area contributed by atoms with Gasteiger partial charge in [-0.3, -0.25) is 19.3 Å². The number of carbonyl (C=O) groups is 3. The number of nitrogens with two attached hydrogens (primary N) is 1. The molecule has 5 rings (SSSR count). The number of aryl methyl sites for hydroxylation is 1. The predicted octanol–water partition coefficient (Wildman–Crippen LogP) is 0.533. The number of hydrogen-bond acceptors (Lipinski definition) is 5. The fourth-order valence-corrected chi connectivity index (χ4v) is 5.93. The highest BCUT2D eigenvalue weighted by Gasteiger charge is 2.74. The lowest BCUT2D eigenvalue weighted by Gasteiger charge is -2.27. The number of para-hydroxylation sites is 2. The van der Waals surface area contributed by atoms with Gasteiger partial charge in [-0.1, -0.05) is 43.3 Å². The van der Waals surface area contributed by atoms with E-state index in [2.05, 4.69) is 5.32 Å². The third-order valence-electron chi connectivity index (χ3n) is 7.47. The largest absolute Gasteiger partial charge is 0.496 e. The van der Waals surface area contributed by atoms with Crippen LogP contribution in [0.3, 0.4) is 0 Å². The van der Waals surface area contributed by atoms with Gasteiger partial charge < -0.3 is 20.5 Å².